The van der Waals surface area contributed by atoms with E-state index in [0.29, 0.717) is 6.54 Å². The predicted molar refractivity (Wildman–Crippen MR) is 70.3 cm³/mol. The van der Waals surface area contributed by atoms with Gasteiger partial charge >= 0.3 is 0 Å². The smallest absolute Gasteiger partial charge is 0.128 e. The minimum absolute atomic E-state index is 0.505. The van der Waals surface area contributed by atoms with E-state index in [1.165, 1.54) is 0 Å². The van der Waals surface area contributed by atoms with Gasteiger partial charge in [0.25, 0.3) is 0 Å². The number of nitrogens with zero attached hydrogens (tertiary/aromatic N) is 1. The molecule has 17 heavy (non-hydrogen) atoms. The van der Waals surface area contributed by atoms with Crippen molar-refractivity contribution < 1.29 is 5.11 Å². The average Bonchev–Trinajstić information content (AvgIpc) is 2.32. The van der Waals surface area contributed by atoms with Crippen molar-refractivity contribution in [1.82, 2.24) is 4.98 Å². The van der Waals surface area contributed by atoms with Crippen LogP contribution in [0.5, 0.6) is 0 Å². The maximum atomic E-state index is 9.98. The Bertz CT molecular complexity index is 363. The summed E-state index contributed by atoms with van der Waals surface area (Å²) in [6.07, 6.45) is 4.00. The molecular weight excluding hydrogens is 214 g/mol. The molecule has 1 aliphatic carbocycles. The summed E-state index contributed by atoms with van der Waals surface area (Å²) in [6.45, 7) is 3.65. The molecule has 0 radical (unpaired) electrons. The van der Waals surface area contributed by atoms with Crippen LogP contribution in [0.15, 0.2) is 18.2 Å². The molecule has 1 aliphatic rings. The lowest BCUT2D eigenvalue weighted by Gasteiger charge is -2.36. The van der Waals surface area contributed by atoms with Crippen molar-refractivity contribution in [3.8, 4) is 0 Å². The van der Waals surface area contributed by atoms with Gasteiger partial charge in [-0.2, -0.15) is 0 Å². The van der Waals surface area contributed by atoms with Gasteiger partial charge in [-0.1, -0.05) is 13.0 Å². The number of nitrogens with one attached hydrogen (secondary N) is 2. The van der Waals surface area contributed by atoms with E-state index in [2.05, 4.69) is 22.5 Å². The van der Waals surface area contributed by atoms with Gasteiger partial charge in [0, 0.05) is 13.1 Å². The van der Waals surface area contributed by atoms with Gasteiger partial charge in [-0.3, -0.25) is 0 Å². The van der Waals surface area contributed by atoms with Crippen molar-refractivity contribution in [2.75, 3.05) is 23.7 Å². The molecule has 0 bridgehead atoms. The minimum atomic E-state index is -0.505. The second-order valence-corrected chi connectivity index (χ2v) is 4.77. The maximum Gasteiger partial charge on any atom is 0.128 e. The topological polar surface area (TPSA) is 57.2 Å². The highest BCUT2D eigenvalue weighted by Crippen LogP contribution is 2.31. The first kappa shape index (κ1) is 12.2. The summed E-state index contributed by atoms with van der Waals surface area (Å²) in [5.41, 5.74) is -0.505. The number of aromatic nitrogens is 1. The lowest BCUT2D eigenvalue weighted by molar-refractivity contribution is -0.0202. The lowest BCUT2D eigenvalue weighted by atomic mass is 9.80. The maximum absolute atomic E-state index is 9.98. The summed E-state index contributed by atoms with van der Waals surface area (Å²) < 4.78 is 0. The Hall–Kier alpha value is -1.29. The standard InChI is InChI=1S/C13H21N3O/c1-2-9-14-11-5-3-6-12(16-11)15-10-13(17)7-4-8-13/h3,5-6,17H,2,4,7-10H2,1H3,(H2,14,15,16). The first-order chi connectivity index (χ1) is 8.22. The fourth-order valence-electron chi connectivity index (χ4n) is 1.90. The third-order valence-corrected chi connectivity index (χ3v) is 3.19. The Kier molecular flexibility index (Phi) is 3.84. The minimum Gasteiger partial charge on any atom is -0.388 e. The molecule has 0 aliphatic heterocycles. The van der Waals surface area contributed by atoms with E-state index in [9.17, 15) is 5.11 Å². The van der Waals surface area contributed by atoms with Gasteiger partial charge in [0.1, 0.15) is 11.6 Å². The van der Waals surface area contributed by atoms with Crippen LogP contribution < -0.4 is 10.6 Å². The highest BCUT2D eigenvalue weighted by molar-refractivity contribution is 5.45. The molecule has 3 N–H and O–H groups in total. The fraction of sp³-hybridized carbons (Fsp3) is 0.615. The summed E-state index contributed by atoms with van der Waals surface area (Å²) in [5.74, 6) is 1.71. The summed E-state index contributed by atoms with van der Waals surface area (Å²) in [7, 11) is 0. The Morgan fingerprint density at radius 1 is 1.29 bits per heavy atom. The highest BCUT2D eigenvalue weighted by atomic mass is 16.3. The summed E-state index contributed by atoms with van der Waals surface area (Å²) in [5, 5.41) is 16.4. The van der Waals surface area contributed by atoms with Crippen LogP contribution in [0.1, 0.15) is 32.6 Å². The van der Waals surface area contributed by atoms with Crippen LogP contribution >= 0.6 is 0 Å². The lowest BCUT2D eigenvalue weighted by Crippen LogP contribution is -2.43. The van der Waals surface area contributed by atoms with E-state index in [1.54, 1.807) is 0 Å². The number of hydrogen-bond donors (Lipinski definition) is 3. The number of pyridine rings is 1. The van der Waals surface area contributed by atoms with Crippen LogP contribution in [0.2, 0.25) is 0 Å². The molecule has 1 fully saturated rings. The molecule has 0 atom stereocenters. The van der Waals surface area contributed by atoms with E-state index in [0.717, 1.165) is 43.9 Å². The molecule has 94 valence electrons. The molecule has 1 heterocycles. The summed E-state index contributed by atoms with van der Waals surface area (Å²) >= 11 is 0. The van der Waals surface area contributed by atoms with Gasteiger partial charge < -0.3 is 15.7 Å². The van der Waals surface area contributed by atoms with Crippen molar-refractivity contribution in [3.05, 3.63) is 18.2 Å². The Labute approximate surface area is 102 Å². The van der Waals surface area contributed by atoms with E-state index >= 15 is 0 Å². The van der Waals surface area contributed by atoms with Crippen molar-refractivity contribution in [3.63, 3.8) is 0 Å². The zero-order valence-corrected chi connectivity index (χ0v) is 10.4. The molecule has 1 aromatic rings. The van der Waals surface area contributed by atoms with Crippen molar-refractivity contribution in [1.29, 1.82) is 0 Å². The molecule has 0 unspecified atom stereocenters. The molecule has 0 spiro atoms. The molecule has 0 aromatic carbocycles. The third kappa shape index (κ3) is 3.33. The zero-order valence-electron chi connectivity index (χ0n) is 10.4. The molecule has 2 rings (SSSR count). The van der Waals surface area contributed by atoms with Crippen molar-refractivity contribution in [2.45, 2.75) is 38.2 Å². The predicted octanol–water partition coefficient (Wildman–Crippen LogP) is 2.23. The summed E-state index contributed by atoms with van der Waals surface area (Å²) in [6, 6.07) is 5.86. The van der Waals surface area contributed by atoms with E-state index in [-0.39, 0.29) is 0 Å². The van der Waals surface area contributed by atoms with Crippen LogP contribution in [-0.4, -0.2) is 28.8 Å². The van der Waals surface area contributed by atoms with Crippen LogP contribution in [0, 0.1) is 0 Å². The first-order valence-electron chi connectivity index (χ1n) is 6.39. The average molecular weight is 235 g/mol. The van der Waals surface area contributed by atoms with Gasteiger partial charge in [-0.05, 0) is 37.8 Å². The zero-order chi connectivity index (χ0) is 12.1. The molecule has 0 saturated heterocycles. The molecule has 4 heteroatoms. The van der Waals surface area contributed by atoms with Gasteiger partial charge in [-0.25, -0.2) is 4.98 Å². The van der Waals surface area contributed by atoms with Crippen LogP contribution in [0.3, 0.4) is 0 Å². The molecule has 1 saturated carbocycles. The Morgan fingerprint density at radius 3 is 2.59 bits per heavy atom. The molecule has 0 amide bonds. The second kappa shape index (κ2) is 5.36. The SMILES string of the molecule is CCCNc1cccc(NCC2(O)CCC2)n1. The van der Waals surface area contributed by atoms with E-state index < -0.39 is 5.60 Å². The Morgan fingerprint density at radius 2 is 2.00 bits per heavy atom. The first-order valence-corrected chi connectivity index (χ1v) is 6.39. The monoisotopic (exact) mass is 235 g/mol. The largest absolute Gasteiger partial charge is 0.388 e. The van der Waals surface area contributed by atoms with Crippen LogP contribution in [0.25, 0.3) is 0 Å². The van der Waals surface area contributed by atoms with Crippen LogP contribution in [0.4, 0.5) is 11.6 Å². The second-order valence-electron chi connectivity index (χ2n) is 4.77. The van der Waals surface area contributed by atoms with Crippen LogP contribution in [-0.2, 0) is 0 Å². The summed E-state index contributed by atoms with van der Waals surface area (Å²) in [4.78, 5) is 4.44. The van der Waals surface area contributed by atoms with Gasteiger partial charge in [0.15, 0.2) is 0 Å². The number of rotatable bonds is 6. The number of anilines is 2. The number of aliphatic hydroxyl groups is 1. The quantitative estimate of drug-likeness (QED) is 0.707. The van der Waals surface area contributed by atoms with E-state index in [4.69, 9.17) is 0 Å². The normalized spacial score (nSPS) is 17.3. The van der Waals surface area contributed by atoms with Gasteiger partial charge in [-0.15, -0.1) is 0 Å². The van der Waals surface area contributed by atoms with Gasteiger partial charge in [0.2, 0.25) is 0 Å². The molecule has 4 nitrogen and oxygen atoms in total. The van der Waals surface area contributed by atoms with Gasteiger partial charge in [0.05, 0.1) is 5.60 Å². The molecular formula is C13H21N3O. The van der Waals surface area contributed by atoms with E-state index in [1.807, 2.05) is 18.2 Å². The third-order valence-electron chi connectivity index (χ3n) is 3.19. The fourth-order valence-corrected chi connectivity index (χ4v) is 1.90. The molecule has 1 aromatic heterocycles. The van der Waals surface area contributed by atoms with Crippen molar-refractivity contribution >= 4 is 11.6 Å². The Balaban J connectivity index is 1.87. The van der Waals surface area contributed by atoms with Crippen molar-refractivity contribution in [2.24, 2.45) is 0 Å². The number of hydrogen-bond acceptors (Lipinski definition) is 4. The highest BCUT2D eigenvalue weighted by Gasteiger charge is 2.33.